The van der Waals surface area contributed by atoms with E-state index >= 15 is 0 Å². The molecule has 1 aromatic heterocycles. The van der Waals surface area contributed by atoms with Crippen molar-refractivity contribution in [2.75, 3.05) is 5.32 Å². The molecular formula is C23H25ClN4O2. The zero-order chi connectivity index (χ0) is 20.9. The minimum Gasteiger partial charge on any atom is -0.349 e. The fourth-order valence-corrected chi connectivity index (χ4v) is 4.12. The molecule has 1 saturated carbocycles. The van der Waals surface area contributed by atoms with Crippen LogP contribution in [0.3, 0.4) is 0 Å². The number of carbonyl (C=O) groups excluding carboxylic acids is 2. The van der Waals surface area contributed by atoms with Crippen molar-refractivity contribution in [1.29, 1.82) is 0 Å². The van der Waals surface area contributed by atoms with Crippen molar-refractivity contribution in [2.45, 2.75) is 45.2 Å². The summed E-state index contributed by atoms with van der Waals surface area (Å²) in [6.45, 7) is 0.413. The molecule has 4 rings (SSSR count). The van der Waals surface area contributed by atoms with Gasteiger partial charge in [-0.25, -0.2) is 4.98 Å². The number of nitrogens with one attached hydrogen (secondary N) is 2. The van der Waals surface area contributed by atoms with Crippen LogP contribution >= 0.6 is 11.6 Å². The van der Waals surface area contributed by atoms with Gasteiger partial charge in [0.25, 0.3) is 0 Å². The number of imidazole rings is 1. The predicted octanol–water partition coefficient (Wildman–Crippen LogP) is 4.52. The topological polar surface area (TPSA) is 76.0 Å². The van der Waals surface area contributed by atoms with Crippen molar-refractivity contribution in [2.24, 2.45) is 5.92 Å². The maximum absolute atomic E-state index is 12.7. The van der Waals surface area contributed by atoms with Crippen LogP contribution in [0.1, 0.15) is 37.9 Å². The summed E-state index contributed by atoms with van der Waals surface area (Å²) in [6, 6.07) is 14.7. The number of aromatic nitrogens is 2. The highest BCUT2D eigenvalue weighted by Gasteiger charge is 2.22. The molecule has 2 amide bonds. The first-order chi connectivity index (χ1) is 14.6. The van der Waals surface area contributed by atoms with Crippen molar-refractivity contribution in [3.63, 3.8) is 0 Å². The van der Waals surface area contributed by atoms with Gasteiger partial charge in [-0.15, -0.1) is 0 Å². The van der Waals surface area contributed by atoms with Gasteiger partial charge in [-0.1, -0.05) is 43.0 Å². The highest BCUT2D eigenvalue weighted by molar-refractivity contribution is 6.30. The molecular weight excluding hydrogens is 400 g/mol. The maximum Gasteiger partial charge on any atom is 0.244 e. The fourth-order valence-electron chi connectivity index (χ4n) is 3.99. The van der Waals surface area contributed by atoms with Gasteiger partial charge < -0.3 is 15.2 Å². The smallest absolute Gasteiger partial charge is 0.244 e. The van der Waals surface area contributed by atoms with Crippen LogP contribution in [0, 0.1) is 5.92 Å². The number of carbonyl (C=O) groups is 2. The van der Waals surface area contributed by atoms with E-state index in [4.69, 9.17) is 11.6 Å². The highest BCUT2D eigenvalue weighted by atomic mass is 35.5. The zero-order valence-corrected chi connectivity index (χ0v) is 17.5. The van der Waals surface area contributed by atoms with Crippen LogP contribution in [0.15, 0.2) is 48.5 Å². The summed E-state index contributed by atoms with van der Waals surface area (Å²) in [5, 5.41) is 6.53. The van der Waals surface area contributed by atoms with Crippen LogP contribution in [0.25, 0.3) is 11.0 Å². The van der Waals surface area contributed by atoms with Gasteiger partial charge in [0, 0.05) is 16.6 Å². The third-order valence-corrected chi connectivity index (χ3v) is 5.81. The second-order valence-electron chi connectivity index (χ2n) is 7.71. The summed E-state index contributed by atoms with van der Waals surface area (Å²) < 4.78 is 1.86. The summed E-state index contributed by atoms with van der Waals surface area (Å²) in [6.07, 6.45) is 5.34. The monoisotopic (exact) mass is 424 g/mol. The summed E-state index contributed by atoms with van der Waals surface area (Å²) in [5.41, 5.74) is 2.35. The second kappa shape index (κ2) is 9.30. The van der Waals surface area contributed by atoms with E-state index in [2.05, 4.69) is 15.6 Å². The molecule has 0 radical (unpaired) electrons. The molecule has 1 aliphatic rings. The zero-order valence-electron chi connectivity index (χ0n) is 16.7. The van der Waals surface area contributed by atoms with Gasteiger partial charge in [-0.3, -0.25) is 9.59 Å². The number of benzene rings is 2. The number of rotatable bonds is 6. The number of hydrogen-bond acceptors (Lipinski definition) is 3. The fraction of sp³-hybridized carbons (Fsp3) is 0.348. The standard InChI is InChI=1S/C23H25ClN4O2/c24-17-10-12-18(13-11-17)26-22(29)15-28-20-9-5-4-8-19(20)27-21(28)14-25-23(30)16-6-2-1-3-7-16/h4-5,8-13,16H,1-3,6-7,14-15H2,(H,25,30)(H,26,29). The molecule has 3 aromatic rings. The molecule has 1 heterocycles. The maximum atomic E-state index is 12.7. The normalized spacial score (nSPS) is 14.6. The van der Waals surface area contributed by atoms with E-state index in [9.17, 15) is 9.59 Å². The molecule has 6 nitrogen and oxygen atoms in total. The summed E-state index contributed by atoms with van der Waals surface area (Å²) in [4.78, 5) is 29.9. The van der Waals surface area contributed by atoms with E-state index in [-0.39, 0.29) is 24.3 Å². The number of amides is 2. The largest absolute Gasteiger partial charge is 0.349 e. The van der Waals surface area contributed by atoms with Gasteiger partial charge in [0.05, 0.1) is 17.6 Å². The van der Waals surface area contributed by atoms with Crippen molar-refractivity contribution in [3.05, 3.63) is 59.4 Å². The van der Waals surface area contributed by atoms with E-state index in [0.717, 1.165) is 36.7 Å². The summed E-state index contributed by atoms with van der Waals surface area (Å²) in [7, 11) is 0. The van der Waals surface area contributed by atoms with Crippen molar-refractivity contribution in [1.82, 2.24) is 14.9 Å². The molecule has 0 spiro atoms. The number of para-hydroxylation sites is 2. The molecule has 7 heteroatoms. The molecule has 0 aliphatic heterocycles. The third-order valence-electron chi connectivity index (χ3n) is 5.56. The van der Waals surface area contributed by atoms with E-state index in [1.54, 1.807) is 24.3 Å². The minimum absolute atomic E-state index is 0.0823. The third kappa shape index (κ3) is 4.82. The van der Waals surface area contributed by atoms with E-state index in [1.165, 1.54) is 6.42 Å². The molecule has 1 fully saturated rings. The Bertz CT molecular complexity index is 1040. The first-order valence-electron chi connectivity index (χ1n) is 10.4. The Kier molecular flexibility index (Phi) is 6.33. The van der Waals surface area contributed by atoms with Crippen LogP contribution in [0.5, 0.6) is 0 Å². The molecule has 2 aromatic carbocycles. The first kappa shape index (κ1) is 20.4. The van der Waals surface area contributed by atoms with E-state index in [0.29, 0.717) is 23.1 Å². The summed E-state index contributed by atoms with van der Waals surface area (Å²) >= 11 is 5.91. The molecule has 0 atom stereocenters. The van der Waals surface area contributed by atoms with Gasteiger partial charge in [0.15, 0.2) is 0 Å². The van der Waals surface area contributed by atoms with Gasteiger partial charge in [-0.2, -0.15) is 0 Å². The Morgan fingerprint density at radius 1 is 1.03 bits per heavy atom. The number of hydrogen-bond donors (Lipinski definition) is 2. The SMILES string of the molecule is O=C(Cn1c(CNC(=O)C2CCCCC2)nc2ccccc21)Nc1ccc(Cl)cc1. The van der Waals surface area contributed by atoms with Gasteiger partial charge in [0.2, 0.25) is 11.8 Å². The van der Waals surface area contributed by atoms with Gasteiger partial charge in [0.1, 0.15) is 12.4 Å². The lowest BCUT2D eigenvalue weighted by atomic mass is 9.89. The predicted molar refractivity (Wildman–Crippen MR) is 118 cm³/mol. The molecule has 2 N–H and O–H groups in total. The lowest BCUT2D eigenvalue weighted by molar-refractivity contribution is -0.126. The average molecular weight is 425 g/mol. The van der Waals surface area contributed by atoms with Crippen molar-refractivity contribution in [3.8, 4) is 0 Å². The molecule has 1 aliphatic carbocycles. The van der Waals surface area contributed by atoms with Crippen LogP contribution in [0.2, 0.25) is 5.02 Å². The van der Waals surface area contributed by atoms with Gasteiger partial charge >= 0.3 is 0 Å². The van der Waals surface area contributed by atoms with Crippen LogP contribution in [0.4, 0.5) is 5.69 Å². The Balaban J connectivity index is 1.49. The second-order valence-corrected chi connectivity index (χ2v) is 8.15. The van der Waals surface area contributed by atoms with Crippen molar-refractivity contribution < 1.29 is 9.59 Å². The molecule has 0 unspecified atom stereocenters. The summed E-state index contributed by atoms with van der Waals surface area (Å²) in [5.74, 6) is 0.677. The lowest BCUT2D eigenvalue weighted by Gasteiger charge is -2.20. The number of fused-ring (bicyclic) bond motifs is 1. The molecule has 156 valence electrons. The van der Waals surface area contributed by atoms with Crippen LogP contribution in [-0.4, -0.2) is 21.4 Å². The van der Waals surface area contributed by atoms with E-state index in [1.807, 2.05) is 28.8 Å². The highest BCUT2D eigenvalue weighted by Crippen LogP contribution is 2.24. The number of anilines is 1. The first-order valence-corrected chi connectivity index (χ1v) is 10.8. The molecule has 0 bridgehead atoms. The lowest BCUT2D eigenvalue weighted by Crippen LogP contribution is -2.32. The Labute approximate surface area is 180 Å². The van der Waals surface area contributed by atoms with Gasteiger partial charge in [-0.05, 0) is 49.2 Å². The molecule has 0 saturated heterocycles. The van der Waals surface area contributed by atoms with Crippen LogP contribution < -0.4 is 10.6 Å². The number of halogens is 1. The average Bonchev–Trinajstić information content (AvgIpc) is 3.11. The minimum atomic E-state index is -0.166. The van der Waals surface area contributed by atoms with Crippen molar-refractivity contribution >= 4 is 40.1 Å². The van der Waals surface area contributed by atoms with E-state index < -0.39 is 0 Å². The number of nitrogens with zero attached hydrogens (tertiary/aromatic N) is 2. The Hall–Kier alpha value is -2.86. The molecule has 30 heavy (non-hydrogen) atoms. The Morgan fingerprint density at radius 2 is 1.77 bits per heavy atom. The van der Waals surface area contributed by atoms with Crippen LogP contribution in [-0.2, 0) is 22.7 Å². The Morgan fingerprint density at radius 3 is 2.53 bits per heavy atom. The quantitative estimate of drug-likeness (QED) is 0.610.